The number of aromatic carboxylic acids is 1. The highest BCUT2D eigenvalue weighted by atomic mass is 32.1. The van der Waals surface area contributed by atoms with E-state index in [2.05, 4.69) is 10.6 Å². The molecule has 0 aliphatic carbocycles. The predicted molar refractivity (Wildman–Crippen MR) is 70.3 cm³/mol. The maximum atomic E-state index is 13.3. The van der Waals surface area contributed by atoms with Gasteiger partial charge in [-0.3, -0.25) is 5.32 Å². The summed E-state index contributed by atoms with van der Waals surface area (Å²) in [7, 11) is 0. The molecule has 2 aromatic rings. The van der Waals surface area contributed by atoms with E-state index in [1.807, 2.05) is 0 Å². The fraction of sp³-hybridized carbons (Fsp3) is 0. The van der Waals surface area contributed by atoms with E-state index in [4.69, 9.17) is 5.11 Å². The monoisotopic (exact) mass is 298 g/mol. The van der Waals surface area contributed by atoms with Gasteiger partial charge in [0.05, 0.1) is 10.7 Å². The maximum Gasteiger partial charge on any atom is 0.345 e. The maximum absolute atomic E-state index is 13.3. The van der Waals surface area contributed by atoms with Crippen LogP contribution in [-0.4, -0.2) is 17.1 Å². The lowest BCUT2D eigenvalue weighted by atomic mass is 10.3. The average Bonchev–Trinajstić information content (AvgIpc) is 2.81. The molecule has 0 radical (unpaired) electrons. The van der Waals surface area contributed by atoms with Gasteiger partial charge < -0.3 is 10.4 Å². The van der Waals surface area contributed by atoms with Gasteiger partial charge in [0.1, 0.15) is 16.5 Å². The zero-order valence-corrected chi connectivity index (χ0v) is 10.6. The molecule has 0 bridgehead atoms. The number of hydrogen-bond acceptors (Lipinski definition) is 3. The fourth-order valence-corrected chi connectivity index (χ4v) is 2.12. The summed E-state index contributed by atoms with van der Waals surface area (Å²) in [5.41, 5.74) is -0.182. The summed E-state index contributed by atoms with van der Waals surface area (Å²) < 4.78 is 26.0. The minimum Gasteiger partial charge on any atom is -0.477 e. The summed E-state index contributed by atoms with van der Waals surface area (Å²) in [6, 6.07) is 4.72. The molecule has 1 aromatic carbocycles. The Balaban J connectivity index is 2.03. The van der Waals surface area contributed by atoms with Crippen molar-refractivity contribution in [1.29, 1.82) is 0 Å². The Morgan fingerprint density at radius 1 is 1.10 bits per heavy atom. The zero-order valence-electron chi connectivity index (χ0n) is 9.81. The van der Waals surface area contributed by atoms with Gasteiger partial charge >= 0.3 is 12.0 Å². The molecule has 3 N–H and O–H groups in total. The Morgan fingerprint density at radius 2 is 1.85 bits per heavy atom. The first-order chi connectivity index (χ1) is 9.45. The number of carboxylic acids is 1. The molecule has 0 atom stereocenters. The molecule has 0 saturated heterocycles. The van der Waals surface area contributed by atoms with Crippen LogP contribution in [0.4, 0.5) is 24.3 Å². The quantitative estimate of drug-likeness (QED) is 0.813. The average molecular weight is 298 g/mol. The smallest absolute Gasteiger partial charge is 0.345 e. The van der Waals surface area contributed by atoms with Gasteiger partial charge in [0.15, 0.2) is 0 Å². The third-order valence-corrected chi connectivity index (χ3v) is 3.22. The first-order valence-electron chi connectivity index (χ1n) is 5.32. The first-order valence-corrected chi connectivity index (χ1v) is 6.13. The van der Waals surface area contributed by atoms with Gasteiger partial charge in [-0.1, -0.05) is 0 Å². The lowest BCUT2D eigenvalue weighted by molar-refractivity contribution is 0.0702. The minimum absolute atomic E-state index is 0.0632. The summed E-state index contributed by atoms with van der Waals surface area (Å²) >= 11 is 0.861. The summed E-state index contributed by atoms with van der Waals surface area (Å²) in [5, 5.41) is 13.6. The lowest BCUT2D eigenvalue weighted by Crippen LogP contribution is -2.19. The minimum atomic E-state index is -1.10. The summed E-state index contributed by atoms with van der Waals surface area (Å²) in [5.74, 6) is -2.76. The van der Waals surface area contributed by atoms with Crippen molar-refractivity contribution in [3.63, 3.8) is 0 Å². The molecule has 0 unspecified atom stereocenters. The van der Waals surface area contributed by atoms with E-state index in [0.717, 1.165) is 23.5 Å². The Bertz CT molecular complexity index is 672. The highest BCUT2D eigenvalue weighted by molar-refractivity contribution is 7.18. The van der Waals surface area contributed by atoms with E-state index in [1.165, 1.54) is 12.1 Å². The van der Waals surface area contributed by atoms with Crippen molar-refractivity contribution >= 4 is 34.0 Å². The molecular weight excluding hydrogens is 290 g/mol. The molecular formula is C12H8F2N2O3S. The van der Waals surface area contributed by atoms with Crippen molar-refractivity contribution in [3.05, 3.63) is 46.8 Å². The molecule has 0 saturated carbocycles. The van der Waals surface area contributed by atoms with E-state index in [1.54, 1.807) is 0 Å². The second-order valence-electron chi connectivity index (χ2n) is 3.67. The first kappa shape index (κ1) is 13.9. The SMILES string of the molecule is O=C(Nc1ccc(C(=O)O)s1)Nc1ccc(F)cc1F. The Morgan fingerprint density at radius 3 is 2.45 bits per heavy atom. The van der Waals surface area contributed by atoms with Gasteiger partial charge in [-0.15, -0.1) is 11.3 Å². The Kier molecular flexibility index (Phi) is 3.94. The number of nitrogens with one attached hydrogen (secondary N) is 2. The van der Waals surface area contributed by atoms with Gasteiger partial charge in [0.2, 0.25) is 0 Å². The Labute approximate surface area is 115 Å². The van der Waals surface area contributed by atoms with Crippen LogP contribution in [-0.2, 0) is 0 Å². The molecule has 104 valence electrons. The van der Waals surface area contributed by atoms with Gasteiger partial charge in [0, 0.05) is 6.07 Å². The summed E-state index contributed by atoms with van der Waals surface area (Å²) in [6.45, 7) is 0. The number of halogens is 2. The molecule has 0 fully saturated rings. The van der Waals surface area contributed by atoms with E-state index >= 15 is 0 Å². The molecule has 0 spiro atoms. The highest BCUT2D eigenvalue weighted by Gasteiger charge is 2.11. The molecule has 8 heteroatoms. The van der Waals surface area contributed by atoms with Crippen molar-refractivity contribution in [1.82, 2.24) is 0 Å². The van der Waals surface area contributed by atoms with Gasteiger partial charge in [-0.2, -0.15) is 0 Å². The van der Waals surface area contributed by atoms with Gasteiger partial charge in [-0.25, -0.2) is 18.4 Å². The molecule has 0 aliphatic rings. The van der Waals surface area contributed by atoms with Crippen LogP contribution in [0.5, 0.6) is 0 Å². The van der Waals surface area contributed by atoms with Crippen LogP contribution in [0.1, 0.15) is 9.67 Å². The van der Waals surface area contributed by atoms with E-state index in [-0.39, 0.29) is 10.6 Å². The second kappa shape index (κ2) is 5.66. The number of hydrogen-bond donors (Lipinski definition) is 3. The van der Waals surface area contributed by atoms with Crippen molar-refractivity contribution in [2.75, 3.05) is 10.6 Å². The van der Waals surface area contributed by atoms with Gasteiger partial charge in [0.25, 0.3) is 0 Å². The topological polar surface area (TPSA) is 78.4 Å². The van der Waals surface area contributed by atoms with Crippen LogP contribution < -0.4 is 10.6 Å². The highest BCUT2D eigenvalue weighted by Crippen LogP contribution is 2.22. The van der Waals surface area contributed by atoms with Crippen LogP contribution in [0.15, 0.2) is 30.3 Å². The van der Waals surface area contributed by atoms with Crippen LogP contribution in [0.2, 0.25) is 0 Å². The van der Waals surface area contributed by atoms with Gasteiger partial charge in [-0.05, 0) is 24.3 Å². The number of rotatable bonds is 3. The molecule has 1 aromatic heterocycles. The molecule has 1 heterocycles. The van der Waals surface area contributed by atoms with Crippen LogP contribution in [0.3, 0.4) is 0 Å². The number of thiophene rings is 1. The molecule has 0 aliphatic heterocycles. The van der Waals surface area contributed by atoms with Crippen molar-refractivity contribution in [2.45, 2.75) is 0 Å². The summed E-state index contributed by atoms with van der Waals surface area (Å²) in [6.07, 6.45) is 0. The van der Waals surface area contributed by atoms with Crippen molar-refractivity contribution < 1.29 is 23.5 Å². The van der Waals surface area contributed by atoms with E-state index < -0.39 is 23.6 Å². The normalized spacial score (nSPS) is 10.1. The molecule has 2 rings (SSSR count). The molecule has 5 nitrogen and oxygen atoms in total. The van der Waals surface area contributed by atoms with Crippen LogP contribution >= 0.6 is 11.3 Å². The van der Waals surface area contributed by atoms with Crippen molar-refractivity contribution in [2.24, 2.45) is 0 Å². The third kappa shape index (κ3) is 3.29. The number of anilines is 2. The predicted octanol–water partition coefficient (Wildman–Crippen LogP) is 3.37. The molecule has 20 heavy (non-hydrogen) atoms. The lowest BCUT2D eigenvalue weighted by Gasteiger charge is -2.06. The number of benzene rings is 1. The van der Waals surface area contributed by atoms with Crippen LogP contribution in [0.25, 0.3) is 0 Å². The van der Waals surface area contributed by atoms with E-state index in [0.29, 0.717) is 11.1 Å². The molecule has 2 amide bonds. The second-order valence-corrected chi connectivity index (χ2v) is 4.76. The number of urea groups is 1. The third-order valence-electron chi connectivity index (χ3n) is 2.23. The zero-order chi connectivity index (χ0) is 14.7. The number of carboxylic acid groups (broad SMARTS) is 1. The fourth-order valence-electron chi connectivity index (χ4n) is 1.38. The van der Waals surface area contributed by atoms with Crippen LogP contribution in [0, 0.1) is 11.6 Å². The Hall–Kier alpha value is -2.48. The number of carbonyl (C=O) groups is 2. The van der Waals surface area contributed by atoms with E-state index in [9.17, 15) is 18.4 Å². The summed E-state index contributed by atoms with van der Waals surface area (Å²) in [4.78, 5) is 22.3. The standard InChI is InChI=1S/C12H8F2N2O3S/c13-6-1-2-8(7(14)5-6)15-12(19)16-10-4-3-9(20-10)11(17)18/h1-5H,(H,17,18)(H2,15,16,19). The number of amides is 2. The number of carbonyl (C=O) groups excluding carboxylic acids is 1. The largest absolute Gasteiger partial charge is 0.477 e. The van der Waals surface area contributed by atoms with Crippen molar-refractivity contribution in [3.8, 4) is 0 Å².